The largest absolute Gasteiger partial charge is 0.481 e. The van der Waals surface area contributed by atoms with Gasteiger partial charge in [-0.3, -0.25) is 4.79 Å². The molecule has 0 radical (unpaired) electrons. The number of carboxylic acids is 1. The van der Waals surface area contributed by atoms with Gasteiger partial charge >= 0.3 is 5.97 Å². The molecule has 2 aliphatic rings. The Kier molecular flexibility index (Phi) is 2.99. The fraction of sp³-hybridized carbons (Fsp3) is 0.909. The molecule has 0 unspecified atom stereocenters. The third kappa shape index (κ3) is 1.68. The van der Waals surface area contributed by atoms with Gasteiger partial charge in [0.1, 0.15) is 0 Å². The third-order valence-corrected chi connectivity index (χ3v) is 5.06. The maximum absolute atomic E-state index is 11.5. The Morgan fingerprint density at radius 2 is 1.60 bits per heavy atom. The monoisotopic (exact) mass is 230 g/mol. The molecular formula is C11H18O3S. The van der Waals surface area contributed by atoms with Crippen LogP contribution in [0.3, 0.4) is 0 Å². The van der Waals surface area contributed by atoms with E-state index in [-0.39, 0.29) is 0 Å². The van der Waals surface area contributed by atoms with Gasteiger partial charge in [0.2, 0.25) is 0 Å². The van der Waals surface area contributed by atoms with Crippen LogP contribution in [0.2, 0.25) is 0 Å². The van der Waals surface area contributed by atoms with Crippen LogP contribution in [-0.4, -0.2) is 33.3 Å². The van der Waals surface area contributed by atoms with Crippen LogP contribution < -0.4 is 0 Å². The molecule has 4 heteroatoms. The average Bonchev–Trinajstić information content (AvgIpc) is 2.69. The number of carbonyl (C=O) groups is 1. The lowest BCUT2D eigenvalue weighted by Gasteiger charge is -2.44. The summed E-state index contributed by atoms with van der Waals surface area (Å²) in [5, 5.41) is 20.0. The maximum atomic E-state index is 11.5. The van der Waals surface area contributed by atoms with Crippen LogP contribution >= 0.6 is 11.8 Å². The first-order chi connectivity index (χ1) is 7.11. The van der Waals surface area contributed by atoms with Crippen molar-refractivity contribution in [3.8, 4) is 0 Å². The summed E-state index contributed by atoms with van der Waals surface area (Å²) in [4.78, 5) is 11.5. The Morgan fingerprint density at radius 3 is 2.07 bits per heavy atom. The number of thioether (sulfide) groups is 1. The molecule has 1 saturated carbocycles. The van der Waals surface area contributed by atoms with Crippen LogP contribution in [0, 0.1) is 5.41 Å². The molecule has 86 valence electrons. The van der Waals surface area contributed by atoms with Gasteiger partial charge in [-0.1, -0.05) is 12.8 Å². The third-order valence-electron chi connectivity index (χ3n) is 4.08. The highest BCUT2D eigenvalue weighted by Crippen LogP contribution is 2.51. The fourth-order valence-corrected chi connectivity index (χ4v) is 4.21. The van der Waals surface area contributed by atoms with Crippen molar-refractivity contribution in [2.75, 3.05) is 11.5 Å². The van der Waals surface area contributed by atoms with E-state index < -0.39 is 17.0 Å². The van der Waals surface area contributed by atoms with E-state index in [1.54, 1.807) is 0 Å². The second kappa shape index (κ2) is 3.98. The molecule has 0 aromatic carbocycles. The van der Waals surface area contributed by atoms with E-state index in [0.717, 1.165) is 24.3 Å². The van der Waals surface area contributed by atoms with Crippen LogP contribution in [0.5, 0.6) is 0 Å². The average molecular weight is 230 g/mol. The predicted molar refractivity (Wildman–Crippen MR) is 60.0 cm³/mol. The van der Waals surface area contributed by atoms with Crippen LogP contribution in [0.4, 0.5) is 0 Å². The van der Waals surface area contributed by atoms with Crippen LogP contribution in [0.1, 0.15) is 38.5 Å². The highest BCUT2D eigenvalue weighted by Gasteiger charge is 2.57. The van der Waals surface area contributed by atoms with Crippen molar-refractivity contribution in [1.29, 1.82) is 0 Å². The first-order valence-corrected chi connectivity index (χ1v) is 6.80. The Hall–Kier alpha value is -0.220. The highest BCUT2D eigenvalue weighted by molar-refractivity contribution is 7.99. The maximum Gasteiger partial charge on any atom is 0.312 e. The lowest BCUT2D eigenvalue weighted by atomic mass is 9.67. The number of hydrogen-bond donors (Lipinski definition) is 2. The molecule has 2 rings (SSSR count). The van der Waals surface area contributed by atoms with Crippen molar-refractivity contribution >= 4 is 17.7 Å². The van der Waals surface area contributed by atoms with E-state index in [2.05, 4.69) is 0 Å². The second-order valence-electron chi connectivity index (χ2n) is 4.74. The zero-order valence-corrected chi connectivity index (χ0v) is 9.68. The smallest absolute Gasteiger partial charge is 0.312 e. The van der Waals surface area contributed by atoms with Crippen LogP contribution in [0.25, 0.3) is 0 Å². The first-order valence-electron chi connectivity index (χ1n) is 5.64. The van der Waals surface area contributed by atoms with Gasteiger partial charge < -0.3 is 10.2 Å². The number of aliphatic hydroxyl groups is 1. The van der Waals surface area contributed by atoms with Crippen molar-refractivity contribution in [1.82, 2.24) is 0 Å². The van der Waals surface area contributed by atoms with Crippen molar-refractivity contribution in [2.45, 2.75) is 44.1 Å². The summed E-state index contributed by atoms with van der Waals surface area (Å²) in [6.07, 6.45) is 4.49. The van der Waals surface area contributed by atoms with E-state index in [9.17, 15) is 15.0 Å². The highest BCUT2D eigenvalue weighted by atomic mass is 32.2. The van der Waals surface area contributed by atoms with Crippen molar-refractivity contribution in [3.63, 3.8) is 0 Å². The van der Waals surface area contributed by atoms with Gasteiger partial charge in [0.15, 0.2) is 0 Å². The minimum atomic E-state index is -0.944. The Balaban J connectivity index is 2.26. The predicted octanol–water partition coefficient (Wildman–Crippen LogP) is 1.89. The minimum absolute atomic E-state index is 0.643. The van der Waals surface area contributed by atoms with E-state index >= 15 is 0 Å². The molecule has 1 heterocycles. The molecule has 3 nitrogen and oxygen atoms in total. The molecule has 1 aliphatic carbocycles. The lowest BCUT2D eigenvalue weighted by molar-refractivity contribution is -0.170. The summed E-state index contributed by atoms with van der Waals surface area (Å²) in [5.74, 6) is 1.01. The number of aliphatic carboxylic acids is 1. The molecule has 2 N–H and O–H groups in total. The summed E-state index contributed by atoms with van der Waals surface area (Å²) < 4.78 is 0. The van der Waals surface area contributed by atoms with E-state index in [1.807, 2.05) is 11.8 Å². The number of carboxylic acid groups (broad SMARTS) is 1. The molecule has 0 atom stereocenters. The molecule has 15 heavy (non-hydrogen) atoms. The zero-order valence-electron chi connectivity index (χ0n) is 8.87. The summed E-state index contributed by atoms with van der Waals surface area (Å²) in [6.45, 7) is 0. The zero-order chi connectivity index (χ0) is 10.9. The topological polar surface area (TPSA) is 57.5 Å². The number of hydrogen-bond acceptors (Lipinski definition) is 3. The summed E-state index contributed by atoms with van der Waals surface area (Å²) >= 11 is 1.81. The van der Waals surface area contributed by atoms with Crippen molar-refractivity contribution < 1.29 is 15.0 Å². The standard InChI is InChI=1S/C11H18O3S/c12-9(13)10(3-1-2-4-10)11(14)5-7-15-8-6-11/h14H,1-8H2,(H,12,13). The van der Waals surface area contributed by atoms with E-state index in [1.165, 1.54) is 0 Å². The normalized spacial score (nSPS) is 28.9. The molecule has 2 fully saturated rings. The first kappa shape index (κ1) is 11.3. The fourth-order valence-electron chi connectivity index (χ4n) is 3.04. The lowest BCUT2D eigenvalue weighted by Crippen LogP contribution is -2.53. The molecule has 0 aromatic heterocycles. The van der Waals surface area contributed by atoms with Crippen molar-refractivity contribution in [2.24, 2.45) is 5.41 Å². The summed E-state index contributed by atoms with van der Waals surface area (Å²) in [6, 6.07) is 0. The molecular weight excluding hydrogens is 212 g/mol. The SMILES string of the molecule is O=C(O)C1(C2(O)CCSCC2)CCCC1. The van der Waals surface area contributed by atoms with Gasteiger partial charge in [0, 0.05) is 0 Å². The number of rotatable bonds is 2. The molecule has 1 saturated heterocycles. The van der Waals surface area contributed by atoms with Gasteiger partial charge in [-0.2, -0.15) is 11.8 Å². The van der Waals surface area contributed by atoms with Gasteiger partial charge in [0.05, 0.1) is 11.0 Å². The molecule has 0 bridgehead atoms. The van der Waals surface area contributed by atoms with Crippen LogP contribution in [-0.2, 0) is 4.79 Å². The van der Waals surface area contributed by atoms with Gasteiger partial charge in [-0.15, -0.1) is 0 Å². The van der Waals surface area contributed by atoms with E-state index in [0.29, 0.717) is 25.7 Å². The Labute approximate surface area is 94.3 Å². The van der Waals surface area contributed by atoms with Gasteiger partial charge in [-0.05, 0) is 37.2 Å². The molecule has 1 aliphatic heterocycles. The minimum Gasteiger partial charge on any atom is -0.481 e. The Morgan fingerprint density at radius 1 is 1.07 bits per heavy atom. The van der Waals surface area contributed by atoms with Crippen LogP contribution in [0.15, 0.2) is 0 Å². The van der Waals surface area contributed by atoms with Gasteiger partial charge in [0.25, 0.3) is 0 Å². The quantitative estimate of drug-likeness (QED) is 0.760. The molecule has 0 amide bonds. The van der Waals surface area contributed by atoms with Gasteiger partial charge in [-0.25, -0.2) is 0 Å². The second-order valence-corrected chi connectivity index (χ2v) is 5.96. The summed E-state index contributed by atoms with van der Waals surface area (Å²) in [7, 11) is 0. The molecule has 0 aromatic rings. The molecule has 0 spiro atoms. The van der Waals surface area contributed by atoms with E-state index in [4.69, 9.17) is 0 Å². The summed E-state index contributed by atoms with van der Waals surface area (Å²) in [5.41, 5.74) is -1.78. The van der Waals surface area contributed by atoms with Crippen molar-refractivity contribution in [3.05, 3.63) is 0 Å². The Bertz CT molecular complexity index is 253.